The van der Waals surface area contributed by atoms with Gasteiger partial charge in [-0.2, -0.15) is 0 Å². The highest BCUT2D eigenvalue weighted by Gasteiger charge is 2.29. The number of hydrogen-bond acceptors (Lipinski definition) is 5. The van der Waals surface area contributed by atoms with E-state index in [4.69, 9.17) is 4.74 Å². The number of anilines is 1. The van der Waals surface area contributed by atoms with Crippen LogP contribution in [0, 0.1) is 19.8 Å². The highest BCUT2D eigenvalue weighted by Crippen LogP contribution is 2.33. The number of nitrogens with one attached hydrogen (secondary N) is 3. The van der Waals surface area contributed by atoms with Gasteiger partial charge in [-0.05, 0) is 87.5 Å². The van der Waals surface area contributed by atoms with Gasteiger partial charge in [-0.3, -0.25) is 14.4 Å². The van der Waals surface area contributed by atoms with Gasteiger partial charge in [0.05, 0.1) is 13.2 Å². The van der Waals surface area contributed by atoms with Gasteiger partial charge in [0.2, 0.25) is 11.8 Å². The number of ether oxygens (including phenoxy) is 1. The summed E-state index contributed by atoms with van der Waals surface area (Å²) in [5.74, 6) is 0.245. The summed E-state index contributed by atoms with van der Waals surface area (Å²) in [6.07, 6.45) is 2.64. The summed E-state index contributed by atoms with van der Waals surface area (Å²) in [4.78, 5) is 40.3. The molecular weight excluding hydrogens is 480 g/mol. The standard InChI is InChI=1S/C30H40N4O4/c1-17(2)27(31-7)29(36)32-21(6)28(35)33-24-11-9-22(10-12-24)23-14-20(5)34(16-23)30(37)25-15-26(38-8)19(4)13-18(25)3/h9-13,15-17,20-21,27,31H,14H2,1-8H3,(H,32,36)(H,33,35). The molecule has 0 aromatic heterocycles. The van der Waals surface area contributed by atoms with Gasteiger partial charge in [0.1, 0.15) is 11.8 Å². The molecule has 0 spiro atoms. The number of hydrogen-bond donors (Lipinski definition) is 3. The fourth-order valence-corrected chi connectivity index (χ4v) is 4.79. The molecule has 204 valence electrons. The smallest absolute Gasteiger partial charge is 0.258 e. The van der Waals surface area contributed by atoms with Crippen molar-refractivity contribution in [1.82, 2.24) is 15.5 Å². The average molecular weight is 521 g/mol. The first-order valence-corrected chi connectivity index (χ1v) is 13.0. The molecule has 3 N–H and O–H groups in total. The lowest BCUT2D eigenvalue weighted by Gasteiger charge is -2.22. The van der Waals surface area contributed by atoms with Gasteiger partial charge >= 0.3 is 0 Å². The first-order chi connectivity index (χ1) is 18.0. The summed E-state index contributed by atoms with van der Waals surface area (Å²) in [5.41, 5.74) is 5.21. The SMILES string of the molecule is CNC(C(=O)NC(C)C(=O)Nc1ccc(C2=CN(C(=O)c3cc(OC)c(C)cc3C)C(C)C2)cc1)C(C)C. The molecule has 0 fully saturated rings. The minimum atomic E-state index is -0.682. The second-order valence-electron chi connectivity index (χ2n) is 10.4. The van der Waals surface area contributed by atoms with Gasteiger partial charge in [0.25, 0.3) is 5.91 Å². The average Bonchev–Trinajstić information content (AvgIpc) is 3.25. The number of amides is 3. The number of aryl methyl sites for hydroxylation is 2. The third-order valence-electron chi connectivity index (χ3n) is 7.03. The summed E-state index contributed by atoms with van der Waals surface area (Å²) in [7, 11) is 3.34. The molecule has 3 atom stereocenters. The van der Waals surface area contributed by atoms with Crippen molar-refractivity contribution in [2.24, 2.45) is 5.92 Å². The molecule has 2 aromatic carbocycles. The van der Waals surface area contributed by atoms with Crippen molar-refractivity contribution in [3.63, 3.8) is 0 Å². The van der Waals surface area contributed by atoms with Crippen LogP contribution >= 0.6 is 0 Å². The molecule has 0 radical (unpaired) electrons. The topological polar surface area (TPSA) is 99.8 Å². The van der Waals surface area contributed by atoms with Gasteiger partial charge in [-0.15, -0.1) is 0 Å². The summed E-state index contributed by atoms with van der Waals surface area (Å²) >= 11 is 0. The van der Waals surface area contributed by atoms with E-state index >= 15 is 0 Å². The number of rotatable bonds is 9. The number of carbonyl (C=O) groups is 3. The van der Waals surface area contributed by atoms with Crippen molar-refractivity contribution >= 4 is 29.0 Å². The summed E-state index contributed by atoms with van der Waals surface area (Å²) < 4.78 is 5.43. The van der Waals surface area contributed by atoms with Gasteiger partial charge in [0, 0.05) is 23.5 Å². The zero-order valence-electron chi connectivity index (χ0n) is 23.6. The number of carbonyl (C=O) groups excluding carboxylic acids is 3. The number of benzene rings is 2. The summed E-state index contributed by atoms with van der Waals surface area (Å²) in [6.45, 7) is 11.5. The molecule has 0 saturated heterocycles. The molecule has 38 heavy (non-hydrogen) atoms. The third kappa shape index (κ3) is 6.42. The van der Waals surface area contributed by atoms with E-state index in [9.17, 15) is 14.4 Å². The Labute approximate surface area is 225 Å². The zero-order valence-corrected chi connectivity index (χ0v) is 23.6. The van der Waals surface area contributed by atoms with Crippen LogP contribution in [0.1, 0.15) is 61.2 Å². The number of likely N-dealkylation sites (N-methyl/N-ethyl adjacent to an activating group) is 1. The largest absolute Gasteiger partial charge is 0.496 e. The minimum Gasteiger partial charge on any atom is -0.496 e. The Kier molecular flexibility index (Phi) is 9.33. The lowest BCUT2D eigenvalue weighted by molar-refractivity contribution is -0.128. The Morgan fingerprint density at radius 1 is 1.00 bits per heavy atom. The van der Waals surface area contributed by atoms with E-state index in [1.807, 2.05) is 77.2 Å². The van der Waals surface area contributed by atoms with E-state index in [-0.39, 0.29) is 35.7 Å². The Balaban J connectivity index is 1.68. The molecular formula is C30H40N4O4. The molecule has 3 rings (SSSR count). The highest BCUT2D eigenvalue weighted by molar-refractivity contribution is 5.99. The van der Waals surface area contributed by atoms with Crippen LogP contribution in [-0.4, -0.2) is 54.9 Å². The van der Waals surface area contributed by atoms with Crippen LogP contribution in [0.4, 0.5) is 5.69 Å². The van der Waals surface area contributed by atoms with E-state index in [0.717, 1.165) is 28.7 Å². The fraction of sp³-hybridized carbons (Fsp3) is 0.433. The molecule has 3 unspecified atom stereocenters. The molecule has 0 saturated carbocycles. The molecule has 0 bridgehead atoms. The van der Waals surface area contributed by atoms with Gasteiger partial charge in [-0.1, -0.05) is 32.0 Å². The highest BCUT2D eigenvalue weighted by atomic mass is 16.5. The monoisotopic (exact) mass is 520 g/mol. The summed E-state index contributed by atoms with van der Waals surface area (Å²) in [5, 5.41) is 8.61. The normalized spacial score (nSPS) is 16.6. The van der Waals surface area contributed by atoms with E-state index in [1.165, 1.54) is 0 Å². The van der Waals surface area contributed by atoms with Gasteiger partial charge in [0.15, 0.2) is 0 Å². The van der Waals surface area contributed by atoms with Crippen molar-refractivity contribution in [3.05, 3.63) is 64.9 Å². The lowest BCUT2D eigenvalue weighted by atomic mass is 10.0. The van der Waals surface area contributed by atoms with Crippen LogP contribution in [0.15, 0.2) is 42.6 Å². The minimum absolute atomic E-state index is 0.0142. The molecule has 2 aromatic rings. The fourth-order valence-electron chi connectivity index (χ4n) is 4.79. The molecule has 3 amide bonds. The van der Waals surface area contributed by atoms with Crippen LogP contribution in [0.25, 0.3) is 5.57 Å². The van der Waals surface area contributed by atoms with Crippen LogP contribution in [0.2, 0.25) is 0 Å². The number of nitrogens with zero attached hydrogens (tertiary/aromatic N) is 1. The molecule has 0 aliphatic carbocycles. The quantitative estimate of drug-likeness (QED) is 0.459. The van der Waals surface area contributed by atoms with Crippen LogP contribution in [-0.2, 0) is 9.59 Å². The second-order valence-corrected chi connectivity index (χ2v) is 10.4. The molecule has 8 heteroatoms. The van der Waals surface area contributed by atoms with Gasteiger partial charge < -0.3 is 25.6 Å². The van der Waals surface area contributed by atoms with Gasteiger partial charge in [-0.25, -0.2) is 0 Å². The Morgan fingerprint density at radius 3 is 2.24 bits per heavy atom. The lowest BCUT2D eigenvalue weighted by Crippen LogP contribution is -2.51. The summed E-state index contributed by atoms with van der Waals surface area (Å²) in [6, 6.07) is 10.3. The first-order valence-electron chi connectivity index (χ1n) is 13.0. The Bertz CT molecular complexity index is 1220. The van der Waals surface area contributed by atoms with Crippen molar-refractivity contribution in [2.75, 3.05) is 19.5 Å². The van der Waals surface area contributed by atoms with E-state index in [1.54, 1.807) is 26.0 Å². The molecule has 1 aliphatic heterocycles. The van der Waals surface area contributed by atoms with Crippen molar-refractivity contribution in [1.29, 1.82) is 0 Å². The Morgan fingerprint density at radius 2 is 1.66 bits per heavy atom. The van der Waals surface area contributed by atoms with Crippen LogP contribution in [0.3, 0.4) is 0 Å². The van der Waals surface area contributed by atoms with Crippen molar-refractivity contribution in [2.45, 2.75) is 66.1 Å². The Hall–Kier alpha value is -3.65. The van der Waals surface area contributed by atoms with Crippen molar-refractivity contribution in [3.8, 4) is 5.75 Å². The van der Waals surface area contributed by atoms with E-state index < -0.39 is 6.04 Å². The van der Waals surface area contributed by atoms with E-state index in [0.29, 0.717) is 17.0 Å². The predicted molar refractivity (Wildman–Crippen MR) is 151 cm³/mol. The van der Waals surface area contributed by atoms with Crippen molar-refractivity contribution < 1.29 is 19.1 Å². The second kappa shape index (κ2) is 12.3. The maximum Gasteiger partial charge on any atom is 0.258 e. The molecule has 1 heterocycles. The zero-order chi connectivity index (χ0) is 28.1. The van der Waals surface area contributed by atoms with Crippen LogP contribution in [0.5, 0.6) is 5.75 Å². The maximum atomic E-state index is 13.4. The van der Waals surface area contributed by atoms with Crippen LogP contribution < -0.4 is 20.7 Å². The molecule has 8 nitrogen and oxygen atoms in total. The maximum absolute atomic E-state index is 13.4. The number of methoxy groups -OCH3 is 1. The first kappa shape index (κ1) is 28.9. The third-order valence-corrected chi connectivity index (χ3v) is 7.03. The van der Waals surface area contributed by atoms with E-state index in [2.05, 4.69) is 16.0 Å². The predicted octanol–water partition coefficient (Wildman–Crippen LogP) is 4.27. The molecule has 1 aliphatic rings.